The first-order chi connectivity index (χ1) is 9.61. The first kappa shape index (κ1) is 14.6. The van der Waals surface area contributed by atoms with Crippen molar-refractivity contribution < 1.29 is 14.4 Å². The number of imide groups is 1. The summed E-state index contributed by atoms with van der Waals surface area (Å²) in [4.78, 5) is 36.2. The summed E-state index contributed by atoms with van der Waals surface area (Å²) in [6, 6.07) is 7.00. The lowest BCUT2D eigenvalue weighted by molar-refractivity contribution is -0.125. The number of nitrogens with one attached hydrogen (secondary N) is 1. The molecule has 1 aromatic carbocycles. The molecular weight excluding hydrogens is 276 g/mol. The van der Waals surface area contributed by atoms with Gasteiger partial charge in [0.05, 0.1) is 12.3 Å². The summed E-state index contributed by atoms with van der Waals surface area (Å²) in [6.45, 7) is 2.83. The van der Waals surface area contributed by atoms with E-state index in [-0.39, 0.29) is 29.4 Å². The van der Waals surface area contributed by atoms with Gasteiger partial charge >= 0.3 is 0 Å². The Hall–Kier alpha value is -1.82. The molecule has 0 aliphatic carbocycles. The molecule has 106 valence electrons. The molecule has 6 heteroatoms. The van der Waals surface area contributed by atoms with Gasteiger partial charge in [0.2, 0.25) is 5.91 Å². The second-order valence-electron chi connectivity index (χ2n) is 4.49. The standard InChI is InChI=1S/C14H16N2O3S/c1-2-6-15-13(18)11-5-3-4-10(7-11)8-16-12(17)9-20-14(16)19/h3-5,7H,2,6,8-9H2,1H3,(H,15,18). The van der Waals surface area contributed by atoms with Gasteiger partial charge in [0.25, 0.3) is 11.1 Å². The van der Waals surface area contributed by atoms with Gasteiger partial charge in [-0.05, 0) is 24.1 Å². The third-order valence-electron chi connectivity index (χ3n) is 2.91. The van der Waals surface area contributed by atoms with Crippen LogP contribution in [-0.4, -0.2) is 34.3 Å². The van der Waals surface area contributed by atoms with Gasteiger partial charge in [-0.15, -0.1) is 0 Å². The van der Waals surface area contributed by atoms with Crippen LogP contribution >= 0.6 is 11.8 Å². The van der Waals surface area contributed by atoms with E-state index in [0.29, 0.717) is 12.1 Å². The van der Waals surface area contributed by atoms with Crippen LogP contribution in [0.4, 0.5) is 4.79 Å². The smallest absolute Gasteiger partial charge is 0.289 e. The van der Waals surface area contributed by atoms with Crippen LogP contribution in [0.3, 0.4) is 0 Å². The van der Waals surface area contributed by atoms with Gasteiger partial charge in [0.15, 0.2) is 0 Å². The Bertz CT molecular complexity index is 529. The first-order valence-electron chi connectivity index (χ1n) is 6.46. The van der Waals surface area contributed by atoms with E-state index in [1.54, 1.807) is 24.3 Å². The third-order valence-corrected chi connectivity index (χ3v) is 3.76. The summed E-state index contributed by atoms with van der Waals surface area (Å²) < 4.78 is 0. The second-order valence-corrected chi connectivity index (χ2v) is 5.42. The number of hydrogen-bond acceptors (Lipinski definition) is 4. The molecule has 3 amide bonds. The fourth-order valence-electron chi connectivity index (χ4n) is 1.87. The fraction of sp³-hybridized carbons (Fsp3) is 0.357. The molecule has 5 nitrogen and oxygen atoms in total. The highest BCUT2D eigenvalue weighted by Crippen LogP contribution is 2.21. The quantitative estimate of drug-likeness (QED) is 0.901. The van der Waals surface area contributed by atoms with Crippen LogP contribution in [0.5, 0.6) is 0 Å². The minimum atomic E-state index is -0.226. The molecule has 1 N–H and O–H groups in total. The number of amides is 3. The fourth-order valence-corrected chi connectivity index (χ4v) is 2.59. The molecule has 1 saturated heterocycles. The van der Waals surface area contributed by atoms with E-state index in [1.807, 2.05) is 6.92 Å². The highest BCUT2D eigenvalue weighted by molar-refractivity contribution is 8.14. The Balaban J connectivity index is 2.08. The van der Waals surface area contributed by atoms with Crippen LogP contribution in [0.25, 0.3) is 0 Å². The lowest BCUT2D eigenvalue weighted by Crippen LogP contribution is -2.28. The van der Waals surface area contributed by atoms with Gasteiger partial charge in [0, 0.05) is 12.1 Å². The Morgan fingerprint density at radius 1 is 1.40 bits per heavy atom. The van der Waals surface area contributed by atoms with Crippen molar-refractivity contribution in [2.45, 2.75) is 19.9 Å². The van der Waals surface area contributed by atoms with Gasteiger partial charge < -0.3 is 5.32 Å². The molecule has 1 heterocycles. The summed E-state index contributed by atoms with van der Waals surface area (Å²) in [5.74, 6) is -0.113. The van der Waals surface area contributed by atoms with Crippen molar-refractivity contribution in [3.63, 3.8) is 0 Å². The van der Waals surface area contributed by atoms with Crippen molar-refractivity contribution in [3.05, 3.63) is 35.4 Å². The van der Waals surface area contributed by atoms with Crippen molar-refractivity contribution in [3.8, 4) is 0 Å². The highest BCUT2D eigenvalue weighted by Gasteiger charge is 2.29. The van der Waals surface area contributed by atoms with Crippen LogP contribution in [-0.2, 0) is 11.3 Å². The first-order valence-corrected chi connectivity index (χ1v) is 7.44. The maximum absolute atomic E-state index is 11.9. The van der Waals surface area contributed by atoms with Crippen LogP contribution in [0.15, 0.2) is 24.3 Å². The Labute approximate surface area is 121 Å². The number of rotatable bonds is 5. The van der Waals surface area contributed by atoms with Crippen molar-refractivity contribution >= 4 is 28.8 Å². The summed E-state index contributed by atoms with van der Waals surface area (Å²) in [5.41, 5.74) is 1.32. The van der Waals surface area contributed by atoms with E-state index < -0.39 is 0 Å². The predicted molar refractivity (Wildman–Crippen MR) is 77.5 cm³/mol. The zero-order valence-corrected chi connectivity index (χ0v) is 12.0. The number of carbonyl (C=O) groups is 3. The zero-order chi connectivity index (χ0) is 14.5. The summed E-state index contributed by atoms with van der Waals surface area (Å²) >= 11 is 1.01. The largest absolute Gasteiger partial charge is 0.352 e. The molecule has 0 radical (unpaired) electrons. The van der Waals surface area contributed by atoms with Crippen molar-refractivity contribution in [2.24, 2.45) is 0 Å². The lowest BCUT2D eigenvalue weighted by Gasteiger charge is -2.13. The number of benzene rings is 1. The molecular formula is C14H16N2O3S. The Kier molecular flexibility index (Phi) is 4.79. The van der Waals surface area contributed by atoms with Crippen molar-refractivity contribution in [2.75, 3.05) is 12.3 Å². The van der Waals surface area contributed by atoms with E-state index >= 15 is 0 Å². The number of carbonyl (C=O) groups excluding carboxylic acids is 3. The van der Waals surface area contributed by atoms with Gasteiger partial charge in [-0.1, -0.05) is 30.8 Å². The van der Waals surface area contributed by atoms with Crippen LogP contribution < -0.4 is 5.32 Å². The van der Waals surface area contributed by atoms with Gasteiger partial charge in [0.1, 0.15) is 0 Å². The molecule has 1 fully saturated rings. The van der Waals surface area contributed by atoms with Crippen LogP contribution in [0.1, 0.15) is 29.3 Å². The monoisotopic (exact) mass is 292 g/mol. The molecule has 0 atom stereocenters. The minimum absolute atomic E-state index is 0.137. The van der Waals surface area contributed by atoms with Gasteiger partial charge in [-0.3, -0.25) is 19.3 Å². The molecule has 1 aromatic rings. The molecule has 0 saturated carbocycles. The molecule has 1 aliphatic rings. The minimum Gasteiger partial charge on any atom is -0.352 e. The van der Waals surface area contributed by atoms with Gasteiger partial charge in [-0.25, -0.2) is 0 Å². The van der Waals surface area contributed by atoms with Crippen LogP contribution in [0, 0.1) is 0 Å². The van der Waals surface area contributed by atoms with Crippen molar-refractivity contribution in [1.82, 2.24) is 10.2 Å². The summed E-state index contributed by atoms with van der Waals surface area (Å²) in [7, 11) is 0. The normalized spacial score (nSPS) is 14.8. The molecule has 0 unspecified atom stereocenters. The molecule has 1 aliphatic heterocycles. The third kappa shape index (κ3) is 3.39. The topological polar surface area (TPSA) is 66.5 Å². The maximum atomic E-state index is 11.9. The predicted octanol–water partition coefficient (Wildman–Crippen LogP) is 2.02. The lowest BCUT2D eigenvalue weighted by atomic mass is 10.1. The Morgan fingerprint density at radius 3 is 2.85 bits per heavy atom. The SMILES string of the molecule is CCCNC(=O)c1cccc(CN2C(=O)CSC2=O)c1. The number of hydrogen-bond donors (Lipinski definition) is 1. The number of thioether (sulfide) groups is 1. The van der Waals surface area contributed by atoms with E-state index in [9.17, 15) is 14.4 Å². The van der Waals surface area contributed by atoms with Crippen molar-refractivity contribution in [1.29, 1.82) is 0 Å². The zero-order valence-electron chi connectivity index (χ0n) is 11.2. The maximum Gasteiger partial charge on any atom is 0.289 e. The molecule has 2 rings (SSSR count). The highest BCUT2D eigenvalue weighted by atomic mass is 32.2. The van der Waals surface area contributed by atoms with E-state index in [0.717, 1.165) is 23.7 Å². The number of nitrogens with zero attached hydrogens (tertiary/aromatic N) is 1. The Morgan fingerprint density at radius 2 is 2.20 bits per heavy atom. The van der Waals surface area contributed by atoms with E-state index in [4.69, 9.17) is 0 Å². The summed E-state index contributed by atoms with van der Waals surface area (Å²) in [6.07, 6.45) is 0.874. The average molecular weight is 292 g/mol. The molecule has 0 aromatic heterocycles. The molecule has 0 spiro atoms. The molecule has 20 heavy (non-hydrogen) atoms. The van der Waals surface area contributed by atoms with E-state index in [2.05, 4.69) is 5.32 Å². The van der Waals surface area contributed by atoms with Crippen LogP contribution in [0.2, 0.25) is 0 Å². The van der Waals surface area contributed by atoms with E-state index in [1.165, 1.54) is 4.90 Å². The average Bonchev–Trinajstić information content (AvgIpc) is 2.77. The molecule has 0 bridgehead atoms. The summed E-state index contributed by atoms with van der Waals surface area (Å²) in [5, 5.41) is 2.57. The van der Waals surface area contributed by atoms with Gasteiger partial charge in [-0.2, -0.15) is 0 Å². The second kappa shape index (κ2) is 6.56.